The summed E-state index contributed by atoms with van der Waals surface area (Å²) in [6.07, 6.45) is 5.23. The number of hydrogen-bond donors (Lipinski definition) is 3. The number of pyridine rings is 1. The molecule has 2 aromatic rings. The number of aliphatic hydroxyl groups is 1. The molecule has 0 bridgehead atoms. The van der Waals surface area contributed by atoms with Crippen LogP contribution in [0.4, 0.5) is 5.69 Å². The van der Waals surface area contributed by atoms with Crippen LogP contribution in [0.5, 0.6) is 0 Å². The standard InChI is InChI=1S/C20H26ClN3O2/c1-20(2,26)14-4-6-15(7-5-14)24-19(25)13-8-12-9-16(21)18(22-3)10-17(12)23-11-13/h8-11,14-15,22,26H,4-7H2,1-3H3,(H,24,25)/t14-,15-. The molecule has 6 heteroatoms. The van der Waals surface area contributed by atoms with Gasteiger partial charge in [-0.25, -0.2) is 0 Å². The van der Waals surface area contributed by atoms with Crippen LogP contribution in [0.3, 0.4) is 0 Å². The van der Waals surface area contributed by atoms with Crippen LogP contribution in [0.15, 0.2) is 24.4 Å². The first kappa shape index (κ1) is 18.9. The summed E-state index contributed by atoms with van der Waals surface area (Å²) in [5, 5.41) is 17.7. The number of fused-ring (bicyclic) bond motifs is 1. The van der Waals surface area contributed by atoms with E-state index in [0.717, 1.165) is 42.3 Å². The first-order chi connectivity index (χ1) is 12.3. The lowest BCUT2D eigenvalue weighted by Crippen LogP contribution is -2.41. The largest absolute Gasteiger partial charge is 0.390 e. The minimum atomic E-state index is -0.650. The Kier molecular flexibility index (Phi) is 5.39. The van der Waals surface area contributed by atoms with E-state index in [2.05, 4.69) is 15.6 Å². The summed E-state index contributed by atoms with van der Waals surface area (Å²) in [4.78, 5) is 17.0. The number of rotatable bonds is 4. The molecule has 0 atom stereocenters. The second-order valence-corrected chi connectivity index (χ2v) is 8.08. The fourth-order valence-corrected chi connectivity index (χ4v) is 3.94. The fourth-order valence-electron chi connectivity index (χ4n) is 3.68. The molecule has 0 unspecified atom stereocenters. The lowest BCUT2D eigenvalue weighted by atomic mass is 9.77. The van der Waals surface area contributed by atoms with Gasteiger partial charge in [-0.05, 0) is 63.6 Å². The molecule has 1 heterocycles. The van der Waals surface area contributed by atoms with Crippen molar-refractivity contribution in [1.29, 1.82) is 0 Å². The van der Waals surface area contributed by atoms with Crippen LogP contribution in [-0.2, 0) is 0 Å². The molecule has 26 heavy (non-hydrogen) atoms. The first-order valence-electron chi connectivity index (χ1n) is 9.08. The van der Waals surface area contributed by atoms with Gasteiger partial charge in [0.2, 0.25) is 0 Å². The smallest absolute Gasteiger partial charge is 0.253 e. The van der Waals surface area contributed by atoms with E-state index in [-0.39, 0.29) is 11.9 Å². The van der Waals surface area contributed by atoms with Crippen molar-refractivity contribution >= 4 is 34.1 Å². The highest BCUT2D eigenvalue weighted by molar-refractivity contribution is 6.34. The second kappa shape index (κ2) is 7.41. The third-order valence-electron chi connectivity index (χ3n) is 5.36. The van der Waals surface area contributed by atoms with Crippen molar-refractivity contribution in [2.24, 2.45) is 5.92 Å². The van der Waals surface area contributed by atoms with Crippen LogP contribution in [-0.4, -0.2) is 34.7 Å². The number of aromatic nitrogens is 1. The van der Waals surface area contributed by atoms with Gasteiger partial charge in [-0.15, -0.1) is 0 Å². The second-order valence-electron chi connectivity index (χ2n) is 7.67. The summed E-state index contributed by atoms with van der Waals surface area (Å²) in [7, 11) is 1.81. The van der Waals surface area contributed by atoms with E-state index in [1.54, 1.807) is 6.20 Å². The Bertz CT molecular complexity index is 809. The molecule has 140 valence electrons. The average molecular weight is 376 g/mol. The molecule has 3 N–H and O–H groups in total. The highest BCUT2D eigenvalue weighted by atomic mass is 35.5. The molecule has 0 spiro atoms. The molecular weight excluding hydrogens is 350 g/mol. The predicted octanol–water partition coefficient (Wildman–Crippen LogP) is 3.99. The van der Waals surface area contributed by atoms with Crippen LogP contribution in [0.25, 0.3) is 10.9 Å². The third kappa shape index (κ3) is 4.10. The molecule has 1 fully saturated rings. The highest BCUT2D eigenvalue weighted by Crippen LogP contribution is 2.32. The van der Waals surface area contributed by atoms with Gasteiger partial charge in [0.05, 0.1) is 27.4 Å². The quantitative estimate of drug-likeness (QED) is 0.755. The summed E-state index contributed by atoms with van der Waals surface area (Å²) in [6.45, 7) is 3.73. The Morgan fingerprint density at radius 3 is 2.54 bits per heavy atom. The van der Waals surface area contributed by atoms with Crippen molar-refractivity contribution in [3.8, 4) is 0 Å². The summed E-state index contributed by atoms with van der Waals surface area (Å²) in [6, 6.07) is 5.66. The van der Waals surface area contributed by atoms with E-state index in [4.69, 9.17) is 11.6 Å². The Labute approximate surface area is 159 Å². The van der Waals surface area contributed by atoms with Gasteiger partial charge in [0.25, 0.3) is 5.91 Å². The van der Waals surface area contributed by atoms with Gasteiger partial charge < -0.3 is 15.7 Å². The summed E-state index contributed by atoms with van der Waals surface area (Å²) < 4.78 is 0. The average Bonchev–Trinajstić information content (AvgIpc) is 2.60. The lowest BCUT2D eigenvalue weighted by molar-refractivity contribution is -0.00257. The minimum Gasteiger partial charge on any atom is -0.390 e. The molecule has 0 saturated heterocycles. The zero-order valence-electron chi connectivity index (χ0n) is 15.5. The van der Waals surface area contributed by atoms with Crippen molar-refractivity contribution < 1.29 is 9.90 Å². The maximum atomic E-state index is 12.6. The number of nitrogens with one attached hydrogen (secondary N) is 2. The number of halogens is 1. The normalized spacial score (nSPS) is 20.8. The Hall–Kier alpha value is -1.85. The van der Waals surface area contributed by atoms with Crippen LogP contribution in [0, 0.1) is 5.92 Å². The summed E-state index contributed by atoms with van der Waals surface area (Å²) >= 11 is 6.23. The third-order valence-corrected chi connectivity index (χ3v) is 5.68. The van der Waals surface area contributed by atoms with Crippen LogP contribution >= 0.6 is 11.6 Å². The van der Waals surface area contributed by atoms with Crippen LogP contribution < -0.4 is 10.6 Å². The Morgan fingerprint density at radius 1 is 1.23 bits per heavy atom. The molecule has 1 amide bonds. The van der Waals surface area contributed by atoms with Gasteiger partial charge in [-0.2, -0.15) is 0 Å². The van der Waals surface area contributed by atoms with Crippen LogP contribution in [0.1, 0.15) is 49.9 Å². The predicted molar refractivity (Wildman–Crippen MR) is 106 cm³/mol. The zero-order chi connectivity index (χ0) is 18.9. The molecule has 1 aromatic heterocycles. The van der Waals surface area contributed by atoms with Crippen molar-refractivity contribution in [3.05, 3.63) is 35.0 Å². The maximum Gasteiger partial charge on any atom is 0.253 e. The number of anilines is 1. The Morgan fingerprint density at radius 2 is 1.92 bits per heavy atom. The van der Waals surface area contributed by atoms with Crippen molar-refractivity contribution in [2.45, 2.75) is 51.2 Å². The van der Waals surface area contributed by atoms with Crippen molar-refractivity contribution in [2.75, 3.05) is 12.4 Å². The molecule has 1 saturated carbocycles. The van der Waals surface area contributed by atoms with E-state index >= 15 is 0 Å². The van der Waals surface area contributed by atoms with Gasteiger partial charge in [0.15, 0.2) is 0 Å². The Balaban J connectivity index is 1.69. The molecular formula is C20H26ClN3O2. The van der Waals surface area contributed by atoms with E-state index in [9.17, 15) is 9.90 Å². The first-order valence-corrected chi connectivity index (χ1v) is 9.46. The summed E-state index contributed by atoms with van der Waals surface area (Å²) in [5.41, 5.74) is 1.49. The summed E-state index contributed by atoms with van der Waals surface area (Å²) in [5.74, 6) is 0.182. The SMILES string of the molecule is CNc1cc2ncc(C(=O)N[C@H]3CC[C@H](C(C)(C)O)CC3)cc2cc1Cl. The van der Waals surface area contributed by atoms with Gasteiger partial charge in [-0.1, -0.05) is 11.6 Å². The van der Waals surface area contributed by atoms with E-state index in [1.165, 1.54) is 0 Å². The van der Waals surface area contributed by atoms with E-state index in [0.29, 0.717) is 16.5 Å². The highest BCUT2D eigenvalue weighted by Gasteiger charge is 2.31. The maximum absolute atomic E-state index is 12.6. The molecule has 1 aliphatic carbocycles. The molecule has 1 aliphatic rings. The number of carbonyl (C=O) groups excluding carboxylic acids is 1. The van der Waals surface area contributed by atoms with Gasteiger partial charge in [-0.3, -0.25) is 9.78 Å². The number of carbonyl (C=O) groups is 1. The van der Waals surface area contributed by atoms with Gasteiger partial charge in [0, 0.05) is 24.7 Å². The van der Waals surface area contributed by atoms with Gasteiger partial charge >= 0.3 is 0 Å². The fraction of sp³-hybridized carbons (Fsp3) is 0.500. The lowest BCUT2D eigenvalue weighted by Gasteiger charge is -2.36. The molecule has 5 nitrogen and oxygen atoms in total. The molecule has 0 radical (unpaired) electrons. The van der Waals surface area contributed by atoms with E-state index < -0.39 is 5.60 Å². The number of nitrogens with zero attached hydrogens (tertiary/aromatic N) is 1. The van der Waals surface area contributed by atoms with Crippen molar-refractivity contribution in [1.82, 2.24) is 10.3 Å². The molecule has 0 aliphatic heterocycles. The zero-order valence-corrected chi connectivity index (χ0v) is 16.2. The number of hydrogen-bond acceptors (Lipinski definition) is 4. The van der Waals surface area contributed by atoms with Crippen molar-refractivity contribution in [3.63, 3.8) is 0 Å². The molecule has 3 rings (SSSR count). The minimum absolute atomic E-state index is 0.111. The monoisotopic (exact) mass is 375 g/mol. The number of benzene rings is 1. The molecule has 1 aromatic carbocycles. The van der Waals surface area contributed by atoms with Crippen LogP contribution in [0.2, 0.25) is 5.02 Å². The topological polar surface area (TPSA) is 74.2 Å². The number of amides is 1. The van der Waals surface area contributed by atoms with E-state index in [1.807, 2.05) is 39.1 Å². The van der Waals surface area contributed by atoms with Gasteiger partial charge in [0.1, 0.15) is 0 Å².